The molecule has 32 heavy (non-hydrogen) atoms. The van der Waals surface area contributed by atoms with Crippen molar-refractivity contribution in [3.63, 3.8) is 0 Å². The van der Waals surface area contributed by atoms with Gasteiger partial charge >= 0.3 is 0 Å². The highest BCUT2D eigenvalue weighted by Gasteiger charge is 2.32. The number of sulfonamides is 1. The van der Waals surface area contributed by atoms with Crippen LogP contribution in [-0.2, 0) is 20.6 Å². The van der Waals surface area contributed by atoms with Crippen LogP contribution in [0.3, 0.4) is 0 Å². The van der Waals surface area contributed by atoms with Gasteiger partial charge in [0.1, 0.15) is 4.90 Å². The summed E-state index contributed by atoms with van der Waals surface area (Å²) in [6.45, 7) is 5.21. The maximum absolute atomic E-state index is 13.3. The van der Waals surface area contributed by atoms with Crippen LogP contribution in [0.4, 0.5) is 0 Å². The first-order valence-corrected chi connectivity index (χ1v) is 13.1. The van der Waals surface area contributed by atoms with Gasteiger partial charge in [-0.3, -0.25) is 9.78 Å². The van der Waals surface area contributed by atoms with E-state index in [1.165, 1.54) is 9.87 Å². The maximum Gasteiger partial charge on any atom is 0.245 e. The van der Waals surface area contributed by atoms with Crippen LogP contribution in [0.5, 0.6) is 0 Å². The predicted molar refractivity (Wildman–Crippen MR) is 129 cm³/mol. The van der Waals surface area contributed by atoms with E-state index >= 15 is 0 Å². The monoisotopic (exact) mass is 469 g/mol. The molecule has 1 fully saturated rings. The number of aromatic nitrogens is 1. The lowest BCUT2D eigenvalue weighted by molar-refractivity contribution is -0.131. The number of hydrogen-bond donors (Lipinski definition) is 0. The van der Waals surface area contributed by atoms with Crippen LogP contribution in [0.2, 0.25) is 0 Å². The zero-order valence-electron chi connectivity index (χ0n) is 18.3. The van der Waals surface area contributed by atoms with Crippen molar-refractivity contribution >= 4 is 38.6 Å². The number of carbonyl (C=O) groups is 1. The molecule has 2 heterocycles. The third-order valence-corrected chi connectivity index (χ3v) is 8.80. The molecular weight excluding hydrogens is 442 g/mol. The van der Waals surface area contributed by atoms with Crippen LogP contribution in [0.15, 0.2) is 65.7 Å². The Balaban J connectivity index is 1.40. The average Bonchev–Trinajstić information content (AvgIpc) is 2.82. The van der Waals surface area contributed by atoms with Crippen molar-refractivity contribution in [1.29, 1.82) is 0 Å². The molecule has 8 heteroatoms. The Labute approximate surface area is 193 Å². The summed E-state index contributed by atoms with van der Waals surface area (Å²) >= 11 is 1.61. The van der Waals surface area contributed by atoms with Gasteiger partial charge in [0.2, 0.25) is 15.9 Å². The molecule has 4 rings (SSSR count). The third kappa shape index (κ3) is 4.82. The molecule has 0 saturated carbocycles. The summed E-state index contributed by atoms with van der Waals surface area (Å²) in [4.78, 5) is 19.3. The van der Waals surface area contributed by atoms with Gasteiger partial charge in [-0.25, -0.2) is 8.42 Å². The number of amides is 1. The fourth-order valence-electron chi connectivity index (χ4n) is 3.86. The Kier molecular flexibility index (Phi) is 6.83. The van der Waals surface area contributed by atoms with Crippen LogP contribution >= 0.6 is 11.8 Å². The molecule has 1 amide bonds. The van der Waals surface area contributed by atoms with E-state index in [1.54, 1.807) is 35.0 Å². The molecule has 2 aromatic carbocycles. The van der Waals surface area contributed by atoms with Crippen molar-refractivity contribution in [2.24, 2.45) is 0 Å². The van der Waals surface area contributed by atoms with E-state index < -0.39 is 10.0 Å². The molecule has 0 bridgehead atoms. The van der Waals surface area contributed by atoms with Crippen molar-refractivity contribution in [2.75, 3.05) is 26.2 Å². The highest BCUT2D eigenvalue weighted by atomic mass is 32.2. The van der Waals surface area contributed by atoms with E-state index in [0.29, 0.717) is 18.6 Å². The second-order valence-electron chi connectivity index (χ2n) is 8.01. The molecule has 6 nitrogen and oxygen atoms in total. The number of para-hydroxylation sites is 1. The molecule has 0 spiro atoms. The van der Waals surface area contributed by atoms with E-state index in [1.807, 2.05) is 44.2 Å². The SMILES string of the molecule is Cc1cnc2c(S(=O)(=O)N3CCN(C(=O)C(C)SCc4ccccc4)CC3)cccc2c1. The lowest BCUT2D eigenvalue weighted by Gasteiger charge is -2.35. The van der Waals surface area contributed by atoms with Crippen LogP contribution in [-0.4, -0.2) is 59.9 Å². The summed E-state index contributed by atoms with van der Waals surface area (Å²) in [6, 6.07) is 17.2. The fraction of sp³-hybridized carbons (Fsp3) is 0.333. The van der Waals surface area contributed by atoms with Gasteiger partial charge in [0.05, 0.1) is 10.8 Å². The van der Waals surface area contributed by atoms with Crippen molar-refractivity contribution in [1.82, 2.24) is 14.2 Å². The molecule has 1 aromatic heterocycles. The number of pyridine rings is 1. The van der Waals surface area contributed by atoms with Crippen LogP contribution < -0.4 is 0 Å². The van der Waals surface area contributed by atoms with Gasteiger partial charge in [0.15, 0.2) is 0 Å². The number of aryl methyl sites for hydroxylation is 1. The molecule has 3 aromatic rings. The lowest BCUT2D eigenvalue weighted by Crippen LogP contribution is -2.52. The van der Waals surface area contributed by atoms with Crippen LogP contribution in [0.1, 0.15) is 18.1 Å². The van der Waals surface area contributed by atoms with Crippen molar-refractivity contribution < 1.29 is 13.2 Å². The molecule has 1 atom stereocenters. The third-order valence-electron chi connectivity index (χ3n) is 5.67. The largest absolute Gasteiger partial charge is 0.339 e. The van der Waals surface area contributed by atoms with E-state index in [4.69, 9.17) is 0 Å². The summed E-state index contributed by atoms with van der Waals surface area (Å²) in [7, 11) is -3.69. The summed E-state index contributed by atoms with van der Waals surface area (Å²) in [5.74, 6) is 0.834. The van der Waals surface area contributed by atoms with Gasteiger partial charge in [0, 0.05) is 43.5 Å². The molecular formula is C24H27N3O3S2. The van der Waals surface area contributed by atoms with Gasteiger partial charge in [-0.15, -0.1) is 11.8 Å². The Morgan fingerprint density at radius 3 is 2.50 bits per heavy atom. The number of fused-ring (bicyclic) bond motifs is 1. The number of thioether (sulfide) groups is 1. The number of piperazine rings is 1. The van der Waals surface area contributed by atoms with Crippen molar-refractivity contribution in [3.8, 4) is 0 Å². The molecule has 1 saturated heterocycles. The molecule has 1 aliphatic heterocycles. The number of nitrogens with zero attached hydrogens (tertiary/aromatic N) is 3. The standard InChI is InChI=1S/C24H27N3O3S2/c1-18-15-21-9-6-10-22(23(21)25-16-18)32(29,30)27-13-11-26(12-14-27)24(28)19(2)31-17-20-7-4-3-5-8-20/h3-10,15-16,19H,11-14,17H2,1-2H3. The topological polar surface area (TPSA) is 70.6 Å². The zero-order chi connectivity index (χ0) is 22.7. The van der Waals surface area contributed by atoms with Crippen molar-refractivity contribution in [3.05, 3.63) is 71.9 Å². The quantitative estimate of drug-likeness (QED) is 0.551. The van der Waals surface area contributed by atoms with Gasteiger partial charge in [-0.1, -0.05) is 42.5 Å². The number of benzene rings is 2. The minimum Gasteiger partial charge on any atom is -0.339 e. The minimum atomic E-state index is -3.69. The van der Waals surface area contributed by atoms with Gasteiger partial charge in [-0.05, 0) is 37.1 Å². The van der Waals surface area contributed by atoms with Crippen LogP contribution in [0.25, 0.3) is 10.9 Å². The Hall–Kier alpha value is -2.42. The number of rotatable bonds is 6. The molecule has 0 aliphatic carbocycles. The number of hydrogen-bond acceptors (Lipinski definition) is 5. The first-order valence-electron chi connectivity index (χ1n) is 10.7. The first kappa shape index (κ1) is 22.8. The number of carbonyl (C=O) groups excluding carboxylic acids is 1. The predicted octanol–water partition coefficient (Wildman–Crippen LogP) is 3.70. The van der Waals surface area contributed by atoms with Crippen LogP contribution in [0, 0.1) is 6.92 Å². The summed E-state index contributed by atoms with van der Waals surface area (Å²) < 4.78 is 28.1. The second kappa shape index (κ2) is 9.60. The minimum absolute atomic E-state index is 0.0604. The lowest BCUT2D eigenvalue weighted by atomic mass is 10.2. The van der Waals surface area contributed by atoms with Gasteiger partial charge in [-0.2, -0.15) is 4.31 Å². The zero-order valence-corrected chi connectivity index (χ0v) is 19.9. The second-order valence-corrected chi connectivity index (χ2v) is 11.2. The smallest absolute Gasteiger partial charge is 0.245 e. The van der Waals surface area contributed by atoms with E-state index in [9.17, 15) is 13.2 Å². The van der Waals surface area contributed by atoms with Crippen molar-refractivity contribution in [2.45, 2.75) is 29.7 Å². The first-order chi connectivity index (χ1) is 15.4. The molecule has 0 N–H and O–H groups in total. The van der Waals surface area contributed by atoms with E-state index in [2.05, 4.69) is 17.1 Å². The molecule has 168 valence electrons. The highest BCUT2D eigenvalue weighted by Crippen LogP contribution is 2.26. The van der Waals surface area contributed by atoms with Gasteiger partial charge < -0.3 is 4.90 Å². The highest BCUT2D eigenvalue weighted by molar-refractivity contribution is 7.99. The Morgan fingerprint density at radius 1 is 1.06 bits per heavy atom. The van der Waals surface area contributed by atoms with E-state index in [0.717, 1.165) is 16.7 Å². The average molecular weight is 470 g/mol. The summed E-state index contributed by atoms with van der Waals surface area (Å²) in [6.07, 6.45) is 1.69. The fourth-order valence-corrected chi connectivity index (χ4v) is 6.38. The normalized spacial score (nSPS) is 16.2. The molecule has 1 unspecified atom stereocenters. The van der Waals surface area contributed by atoms with Gasteiger partial charge in [0.25, 0.3) is 0 Å². The Bertz CT molecular complexity index is 1210. The summed E-state index contributed by atoms with van der Waals surface area (Å²) in [5.41, 5.74) is 2.66. The van der Waals surface area contributed by atoms with E-state index in [-0.39, 0.29) is 29.1 Å². The summed E-state index contributed by atoms with van der Waals surface area (Å²) in [5, 5.41) is 0.632. The molecule has 1 aliphatic rings. The Morgan fingerprint density at radius 2 is 1.78 bits per heavy atom. The maximum atomic E-state index is 13.3. The molecule has 0 radical (unpaired) electrons.